The molecule has 110 valence electrons. The van der Waals surface area contributed by atoms with E-state index in [1.807, 2.05) is 37.3 Å². The molecule has 1 unspecified atom stereocenters. The number of hydrogen-bond acceptors (Lipinski definition) is 2. The smallest absolute Gasteiger partial charge is 0.123 e. The average molecular weight is 347 g/mol. The van der Waals surface area contributed by atoms with Crippen LogP contribution in [0.5, 0.6) is 5.75 Å². The van der Waals surface area contributed by atoms with Crippen LogP contribution in [0.4, 0.5) is 0 Å². The molecule has 0 saturated carbocycles. The number of halogens is 1. The van der Waals surface area contributed by atoms with Crippen molar-refractivity contribution in [2.45, 2.75) is 38.9 Å². The SMILES string of the molecule is Cc1ccc(Br)c(C(O)c2ccc3c(c2)CC(C)(C)O3)c1. The quantitative estimate of drug-likeness (QED) is 0.863. The molecule has 0 spiro atoms. The summed E-state index contributed by atoms with van der Waals surface area (Å²) >= 11 is 3.52. The minimum atomic E-state index is -0.631. The molecule has 1 heterocycles. The number of aliphatic hydroxyl groups is 1. The van der Waals surface area contributed by atoms with Crippen molar-refractivity contribution < 1.29 is 9.84 Å². The van der Waals surface area contributed by atoms with Crippen LogP contribution in [0.25, 0.3) is 0 Å². The monoisotopic (exact) mass is 346 g/mol. The van der Waals surface area contributed by atoms with E-state index in [1.165, 1.54) is 5.56 Å². The average Bonchev–Trinajstić information content (AvgIpc) is 2.73. The summed E-state index contributed by atoms with van der Waals surface area (Å²) in [7, 11) is 0. The first-order valence-corrected chi connectivity index (χ1v) is 7.91. The summed E-state index contributed by atoms with van der Waals surface area (Å²) in [6, 6.07) is 12.0. The molecule has 3 rings (SSSR count). The standard InChI is InChI=1S/C18H19BrO2/c1-11-4-6-15(19)14(8-11)17(20)12-5-7-16-13(9-12)10-18(2,3)21-16/h4-9,17,20H,10H2,1-3H3. The maximum absolute atomic E-state index is 10.7. The van der Waals surface area contributed by atoms with E-state index in [2.05, 4.69) is 35.8 Å². The third-order valence-electron chi connectivity index (χ3n) is 3.85. The lowest BCUT2D eigenvalue weighted by molar-refractivity contribution is 0.138. The van der Waals surface area contributed by atoms with Gasteiger partial charge in [-0.2, -0.15) is 0 Å². The fraction of sp³-hybridized carbons (Fsp3) is 0.333. The molecular formula is C18H19BrO2. The van der Waals surface area contributed by atoms with Gasteiger partial charge in [-0.1, -0.05) is 39.7 Å². The largest absolute Gasteiger partial charge is 0.487 e. The Balaban J connectivity index is 1.97. The summed E-state index contributed by atoms with van der Waals surface area (Å²) in [6.07, 6.45) is 0.242. The summed E-state index contributed by atoms with van der Waals surface area (Å²) < 4.78 is 6.82. The lowest BCUT2D eigenvalue weighted by Gasteiger charge is -2.16. The van der Waals surface area contributed by atoms with E-state index >= 15 is 0 Å². The number of benzene rings is 2. The topological polar surface area (TPSA) is 29.5 Å². The minimum absolute atomic E-state index is 0.157. The molecule has 0 bridgehead atoms. The first-order valence-electron chi connectivity index (χ1n) is 7.12. The van der Waals surface area contributed by atoms with Gasteiger partial charge in [0.05, 0.1) is 0 Å². The van der Waals surface area contributed by atoms with E-state index in [0.29, 0.717) is 0 Å². The molecule has 0 amide bonds. The van der Waals surface area contributed by atoms with Crippen molar-refractivity contribution in [3.8, 4) is 5.75 Å². The minimum Gasteiger partial charge on any atom is -0.487 e. The maximum Gasteiger partial charge on any atom is 0.123 e. The number of fused-ring (bicyclic) bond motifs is 1. The highest BCUT2D eigenvalue weighted by atomic mass is 79.9. The summed E-state index contributed by atoms with van der Waals surface area (Å²) in [5.74, 6) is 0.930. The summed E-state index contributed by atoms with van der Waals surface area (Å²) in [5.41, 5.74) is 3.95. The molecule has 1 N–H and O–H groups in total. The zero-order valence-corrected chi connectivity index (χ0v) is 14.1. The van der Waals surface area contributed by atoms with Crippen molar-refractivity contribution in [2.24, 2.45) is 0 Å². The Morgan fingerprint density at radius 3 is 2.71 bits per heavy atom. The van der Waals surface area contributed by atoms with Crippen LogP contribution < -0.4 is 4.74 Å². The van der Waals surface area contributed by atoms with Crippen molar-refractivity contribution in [1.29, 1.82) is 0 Å². The molecule has 0 aliphatic carbocycles. The molecular weight excluding hydrogens is 328 g/mol. The van der Waals surface area contributed by atoms with E-state index in [4.69, 9.17) is 4.74 Å². The van der Waals surface area contributed by atoms with Crippen molar-refractivity contribution in [2.75, 3.05) is 0 Å². The van der Waals surface area contributed by atoms with Crippen molar-refractivity contribution in [3.05, 3.63) is 63.1 Å². The Morgan fingerprint density at radius 2 is 1.95 bits per heavy atom. The highest BCUT2D eigenvalue weighted by Gasteiger charge is 2.30. The number of aryl methyl sites for hydroxylation is 1. The predicted octanol–water partition coefficient (Wildman–Crippen LogP) is 4.55. The van der Waals surface area contributed by atoms with Crippen LogP contribution in [0.1, 0.15) is 42.2 Å². The number of rotatable bonds is 2. The lowest BCUT2D eigenvalue weighted by Crippen LogP contribution is -2.24. The van der Waals surface area contributed by atoms with Crippen molar-refractivity contribution in [1.82, 2.24) is 0 Å². The van der Waals surface area contributed by atoms with Gasteiger partial charge in [-0.3, -0.25) is 0 Å². The van der Waals surface area contributed by atoms with Gasteiger partial charge in [-0.15, -0.1) is 0 Å². The van der Waals surface area contributed by atoms with Gasteiger partial charge >= 0.3 is 0 Å². The lowest BCUT2D eigenvalue weighted by atomic mass is 9.95. The number of ether oxygens (including phenoxy) is 1. The van der Waals surface area contributed by atoms with Gasteiger partial charge in [0.15, 0.2) is 0 Å². The van der Waals surface area contributed by atoms with Gasteiger partial charge in [-0.25, -0.2) is 0 Å². The van der Waals surface area contributed by atoms with Crippen LogP contribution in [0, 0.1) is 6.92 Å². The van der Waals surface area contributed by atoms with E-state index in [0.717, 1.165) is 33.3 Å². The van der Waals surface area contributed by atoms with Crippen LogP contribution in [0.2, 0.25) is 0 Å². The Bertz CT molecular complexity index is 692. The van der Waals surface area contributed by atoms with Gasteiger partial charge < -0.3 is 9.84 Å². The Hall–Kier alpha value is -1.32. The molecule has 1 aliphatic rings. The first kappa shape index (κ1) is 14.6. The Kier molecular flexibility index (Phi) is 3.58. The van der Waals surface area contributed by atoms with Gasteiger partial charge in [0.25, 0.3) is 0 Å². The zero-order chi connectivity index (χ0) is 15.2. The van der Waals surface area contributed by atoms with E-state index < -0.39 is 6.10 Å². The van der Waals surface area contributed by atoms with Crippen LogP contribution in [0.15, 0.2) is 40.9 Å². The maximum atomic E-state index is 10.7. The Labute approximate surface area is 133 Å². The van der Waals surface area contributed by atoms with E-state index in [1.54, 1.807) is 0 Å². The van der Waals surface area contributed by atoms with Gasteiger partial charge in [0, 0.05) is 10.9 Å². The zero-order valence-electron chi connectivity index (χ0n) is 12.5. The number of aliphatic hydroxyl groups excluding tert-OH is 1. The molecule has 0 saturated heterocycles. The predicted molar refractivity (Wildman–Crippen MR) is 87.8 cm³/mol. The fourth-order valence-corrected chi connectivity index (χ4v) is 3.32. The molecule has 3 heteroatoms. The third kappa shape index (κ3) is 2.85. The van der Waals surface area contributed by atoms with E-state index in [9.17, 15) is 5.11 Å². The van der Waals surface area contributed by atoms with Crippen molar-refractivity contribution >= 4 is 15.9 Å². The molecule has 2 aromatic rings. The molecule has 1 aliphatic heterocycles. The van der Waals surface area contributed by atoms with Gasteiger partial charge in [0.1, 0.15) is 17.5 Å². The first-order chi connectivity index (χ1) is 9.85. The molecule has 21 heavy (non-hydrogen) atoms. The summed E-state index contributed by atoms with van der Waals surface area (Å²) in [6.45, 7) is 6.20. The summed E-state index contributed by atoms with van der Waals surface area (Å²) in [4.78, 5) is 0. The molecule has 0 aromatic heterocycles. The van der Waals surface area contributed by atoms with Gasteiger partial charge in [0.2, 0.25) is 0 Å². The van der Waals surface area contributed by atoms with Crippen LogP contribution >= 0.6 is 15.9 Å². The molecule has 2 aromatic carbocycles. The van der Waals surface area contributed by atoms with Crippen LogP contribution in [-0.4, -0.2) is 10.7 Å². The normalized spacial score (nSPS) is 17.2. The molecule has 0 fully saturated rings. The van der Waals surface area contributed by atoms with Crippen molar-refractivity contribution in [3.63, 3.8) is 0 Å². The second-order valence-electron chi connectivity index (χ2n) is 6.33. The summed E-state index contributed by atoms with van der Waals surface area (Å²) in [5, 5.41) is 10.7. The van der Waals surface area contributed by atoms with Crippen LogP contribution in [-0.2, 0) is 6.42 Å². The molecule has 2 nitrogen and oxygen atoms in total. The van der Waals surface area contributed by atoms with Gasteiger partial charge in [-0.05, 0) is 55.7 Å². The highest BCUT2D eigenvalue weighted by Crippen LogP contribution is 2.38. The second kappa shape index (κ2) is 5.15. The third-order valence-corrected chi connectivity index (χ3v) is 4.57. The highest BCUT2D eigenvalue weighted by molar-refractivity contribution is 9.10. The number of hydrogen-bond donors (Lipinski definition) is 1. The fourth-order valence-electron chi connectivity index (χ4n) is 2.85. The Morgan fingerprint density at radius 1 is 1.19 bits per heavy atom. The second-order valence-corrected chi connectivity index (χ2v) is 7.19. The molecule has 0 radical (unpaired) electrons. The molecule has 1 atom stereocenters. The van der Waals surface area contributed by atoms with E-state index in [-0.39, 0.29) is 5.60 Å². The van der Waals surface area contributed by atoms with Crippen LogP contribution in [0.3, 0.4) is 0 Å².